The van der Waals surface area contributed by atoms with Crippen molar-refractivity contribution in [2.24, 2.45) is 0 Å². The van der Waals surface area contributed by atoms with Gasteiger partial charge < -0.3 is 10.6 Å². The number of nitrogens with one attached hydrogen (secondary N) is 3. The number of urea groups is 1. The molecule has 0 aliphatic carbocycles. The number of amides is 2. The highest BCUT2D eigenvalue weighted by Crippen LogP contribution is 2.16. The normalized spacial score (nSPS) is 11.4. The Labute approximate surface area is 152 Å². The van der Waals surface area contributed by atoms with Crippen LogP contribution in [0.1, 0.15) is 11.6 Å². The molecular formula is C15H23N7O3S. The fourth-order valence-corrected chi connectivity index (χ4v) is 2.73. The van der Waals surface area contributed by atoms with Crippen LogP contribution >= 0.6 is 0 Å². The Morgan fingerprint density at radius 2 is 1.92 bits per heavy atom. The third kappa shape index (κ3) is 5.43. The van der Waals surface area contributed by atoms with Gasteiger partial charge in [-0.25, -0.2) is 14.5 Å². The van der Waals surface area contributed by atoms with Crippen LogP contribution in [0.4, 0.5) is 16.2 Å². The van der Waals surface area contributed by atoms with Gasteiger partial charge in [0.05, 0.1) is 12.2 Å². The van der Waals surface area contributed by atoms with Crippen LogP contribution in [0.2, 0.25) is 0 Å². The smallest absolute Gasteiger partial charge is 0.319 e. The second-order valence-electron chi connectivity index (χ2n) is 5.78. The second-order valence-corrected chi connectivity index (χ2v) is 7.67. The summed E-state index contributed by atoms with van der Waals surface area (Å²) in [5.41, 5.74) is 0.819. The largest absolute Gasteiger partial charge is 0.336 e. The number of carbonyl (C=O) groups is 1. The van der Waals surface area contributed by atoms with Gasteiger partial charge in [-0.1, -0.05) is 6.07 Å². The van der Waals surface area contributed by atoms with Crippen LogP contribution in [-0.2, 0) is 16.8 Å². The number of nitrogens with zero attached hydrogens (tertiary/aromatic N) is 4. The zero-order valence-corrected chi connectivity index (χ0v) is 16.0. The van der Waals surface area contributed by atoms with Gasteiger partial charge in [0.1, 0.15) is 11.6 Å². The Morgan fingerprint density at radius 1 is 1.23 bits per heavy atom. The predicted molar refractivity (Wildman–Crippen MR) is 99.2 cm³/mol. The number of benzene rings is 1. The maximum absolute atomic E-state index is 12.0. The molecule has 1 heterocycles. The number of rotatable bonds is 7. The molecule has 142 valence electrons. The van der Waals surface area contributed by atoms with E-state index in [0.717, 1.165) is 10.1 Å². The standard InChI is InChI=1S/C15H23N7O3S/c1-11-17-12(2)22(19-11)9-8-16-15(23)18-13-6-5-7-14(10-13)20-26(24,25)21(3)4/h5-7,10,20H,8-9H2,1-4H3,(H2,16,18,23). The summed E-state index contributed by atoms with van der Waals surface area (Å²) in [4.78, 5) is 16.2. The van der Waals surface area contributed by atoms with Gasteiger partial charge in [0.2, 0.25) is 0 Å². The lowest BCUT2D eigenvalue weighted by molar-refractivity contribution is 0.251. The summed E-state index contributed by atoms with van der Waals surface area (Å²) in [7, 11) is -0.750. The van der Waals surface area contributed by atoms with Crippen molar-refractivity contribution in [2.45, 2.75) is 20.4 Å². The Morgan fingerprint density at radius 3 is 2.54 bits per heavy atom. The number of anilines is 2. The maximum Gasteiger partial charge on any atom is 0.319 e. The van der Waals surface area contributed by atoms with Crippen LogP contribution in [0.25, 0.3) is 0 Å². The highest BCUT2D eigenvalue weighted by molar-refractivity contribution is 7.90. The van der Waals surface area contributed by atoms with Crippen molar-refractivity contribution in [1.29, 1.82) is 0 Å². The molecule has 2 amide bonds. The van der Waals surface area contributed by atoms with Crippen LogP contribution < -0.4 is 15.4 Å². The predicted octanol–water partition coefficient (Wildman–Crippen LogP) is 0.935. The molecule has 0 spiro atoms. The summed E-state index contributed by atoms with van der Waals surface area (Å²) >= 11 is 0. The van der Waals surface area contributed by atoms with E-state index in [1.165, 1.54) is 20.2 Å². The Balaban J connectivity index is 1.89. The molecule has 10 nitrogen and oxygen atoms in total. The van der Waals surface area contributed by atoms with Gasteiger partial charge in [0, 0.05) is 26.3 Å². The van der Waals surface area contributed by atoms with Crippen molar-refractivity contribution >= 4 is 27.6 Å². The van der Waals surface area contributed by atoms with Crippen LogP contribution in [0.3, 0.4) is 0 Å². The molecule has 26 heavy (non-hydrogen) atoms. The van der Waals surface area contributed by atoms with Gasteiger partial charge in [0.15, 0.2) is 0 Å². The van der Waals surface area contributed by atoms with Crippen LogP contribution in [0.5, 0.6) is 0 Å². The van der Waals surface area contributed by atoms with Gasteiger partial charge >= 0.3 is 16.2 Å². The molecule has 1 aromatic heterocycles. The van der Waals surface area contributed by atoms with Crippen LogP contribution in [0.15, 0.2) is 24.3 Å². The van der Waals surface area contributed by atoms with Gasteiger partial charge in [-0.05, 0) is 32.0 Å². The van der Waals surface area contributed by atoms with E-state index in [4.69, 9.17) is 0 Å². The van der Waals surface area contributed by atoms with Crippen molar-refractivity contribution in [1.82, 2.24) is 24.4 Å². The SMILES string of the molecule is Cc1nc(C)n(CCNC(=O)Nc2cccc(NS(=O)(=O)N(C)C)c2)n1. The van der Waals surface area contributed by atoms with Crippen molar-refractivity contribution in [3.05, 3.63) is 35.9 Å². The van der Waals surface area contributed by atoms with Crippen molar-refractivity contribution in [3.63, 3.8) is 0 Å². The van der Waals surface area contributed by atoms with E-state index in [2.05, 4.69) is 25.4 Å². The summed E-state index contributed by atoms with van der Waals surface area (Å²) in [5, 5.41) is 9.59. The lowest BCUT2D eigenvalue weighted by Gasteiger charge is -2.14. The molecule has 0 aliphatic heterocycles. The van der Waals surface area contributed by atoms with Crippen molar-refractivity contribution in [2.75, 3.05) is 30.7 Å². The minimum atomic E-state index is -3.60. The molecule has 2 rings (SSSR count). The zero-order chi connectivity index (χ0) is 19.3. The highest BCUT2D eigenvalue weighted by atomic mass is 32.2. The van der Waals surface area contributed by atoms with Gasteiger partial charge in [-0.2, -0.15) is 17.8 Å². The molecule has 1 aromatic carbocycles. The van der Waals surface area contributed by atoms with Gasteiger partial charge in [0.25, 0.3) is 0 Å². The molecule has 0 radical (unpaired) electrons. The number of hydrogen-bond donors (Lipinski definition) is 3. The Kier molecular flexibility index (Phi) is 6.16. The van der Waals surface area contributed by atoms with Crippen molar-refractivity contribution in [3.8, 4) is 0 Å². The maximum atomic E-state index is 12.0. The summed E-state index contributed by atoms with van der Waals surface area (Å²) in [6, 6.07) is 6.04. The summed E-state index contributed by atoms with van der Waals surface area (Å²) < 4.78 is 28.9. The number of carbonyl (C=O) groups excluding carboxylic acids is 1. The first kappa shape index (κ1) is 19.7. The fourth-order valence-electron chi connectivity index (χ4n) is 2.12. The lowest BCUT2D eigenvalue weighted by Crippen LogP contribution is -2.32. The van der Waals surface area contributed by atoms with Crippen LogP contribution in [-0.4, -0.2) is 54.2 Å². The molecular weight excluding hydrogens is 358 g/mol. The third-order valence-electron chi connectivity index (χ3n) is 3.42. The molecule has 0 saturated heterocycles. The average molecular weight is 381 g/mol. The van der Waals surface area contributed by atoms with E-state index < -0.39 is 16.2 Å². The highest BCUT2D eigenvalue weighted by Gasteiger charge is 2.13. The van der Waals surface area contributed by atoms with E-state index in [1.807, 2.05) is 6.92 Å². The van der Waals surface area contributed by atoms with E-state index in [1.54, 1.807) is 29.8 Å². The molecule has 0 fully saturated rings. The van der Waals surface area contributed by atoms with E-state index in [0.29, 0.717) is 30.3 Å². The summed E-state index contributed by atoms with van der Waals surface area (Å²) in [6.45, 7) is 4.53. The molecule has 0 bridgehead atoms. The first-order valence-electron chi connectivity index (χ1n) is 7.90. The fraction of sp³-hybridized carbons (Fsp3) is 0.400. The van der Waals surface area contributed by atoms with Gasteiger partial charge in [-0.3, -0.25) is 4.72 Å². The minimum Gasteiger partial charge on any atom is -0.336 e. The van der Waals surface area contributed by atoms with Gasteiger partial charge in [-0.15, -0.1) is 0 Å². The number of hydrogen-bond acceptors (Lipinski definition) is 5. The minimum absolute atomic E-state index is 0.352. The van der Waals surface area contributed by atoms with E-state index in [-0.39, 0.29) is 0 Å². The summed E-state index contributed by atoms with van der Waals surface area (Å²) in [5.74, 6) is 1.47. The number of aromatic nitrogens is 3. The Bertz CT molecular complexity index is 877. The van der Waals surface area contributed by atoms with Crippen molar-refractivity contribution < 1.29 is 13.2 Å². The monoisotopic (exact) mass is 381 g/mol. The topological polar surface area (TPSA) is 121 Å². The van der Waals surface area contributed by atoms with E-state index in [9.17, 15) is 13.2 Å². The molecule has 0 unspecified atom stereocenters. The molecule has 3 N–H and O–H groups in total. The Hall–Kier alpha value is -2.66. The first-order chi connectivity index (χ1) is 12.2. The molecule has 0 saturated carbocycles. The number of aryl methyl sites for hydroxylation is 2. The molecule has 0 aliphatic rings. The first-order valence-corrected chi connectivity index (χ1v) is 9.34. The zero-order valence-electron chi connectivity index (χ0n) is 15.1. The average Bonchev–Trinajstić information content (AvgIpc) is 2.84. The third-order valence-corrected chi connectivity index (χ3v) is 4.87. The quantitative estimate of drug-likeness (QED) is 0.659. The summed E-state index contributed by atoms with van der Waals surface area (Å²) in [6.07, 6.45) is 0. The van der Waals surface area contributed by atoms with Crippen LogP contribution in [0, 0.1) is 13.8 Å². The van der Waals surface area contributed by atoms with E-state index >= 15 is 0 Å². The lowest BCUT2D eigenvalue weighted by atomic mass is 10.3. The molecule has 11 heteroatoms. The molecule has 2 aromatic rings. The second kappa shape index (κ2) is 8.15. The molecule has 0 atom stereocenters.